The van der Waals surface area contributed by atoms with Crippen LogP contribution in [0.4, 0.5) is 27.4 Å². The maximum atomic E-state index is 15.4. The number of nitrogens with zero attached hydrogens (tertiary/aromatic N) is 4. The number of carbonyl (C=O) groups is 1. The minimum absolute atomic E-state index is 0.137. The number of carbonyl (C=O) groups excluding carboxylic acids is 1. The van der Waals surface area contributed by atoms with Gasteiger partial charge in [0.25, 0.3) is 0 Å². The summed E-state index contributed by atoms with van der Waals surface area (Å²) in [5.41, 5.74) is -0.146. The number of rotatable bonds is 8. The van der Waals surface area contributed by atoms with Gasteiger partial charge in [0.05, 0.1) is 19.0 Å². The van der Waals surface area contributed by atoms with Crippen LogP contribution in [0, 0.1) is 0 Å². The Kier molecular flexibility index (Phi) is 7.84. The molecule has 7 nitrogen and oxygen atoms in total. The normalized spacial score (nSPS) is 15.4. The number of aromatic nitrogens is 2. The number of anilines is 4. The van der Waals surface area contributed by atoms with Crippen LogP contribution in [0.5, 0.6) is 0 Å². The van der Waals surface area contributed by atoms with E-state index < -0.39 is 17.2 Å². The van der Waals surface area contributed by atoms with Crippen molar-refractivity contribution in [2.24, 2.45) is 0 Å². The summed E-state index contributed by atoms with van der Waals surface area (Å²) in [5, 5.41) is 0. The van der Waals surface area contributed by atoms with E-state index in [1.54, 1.807) is 33.2 Å². The van der Waals surface area contributed by atoms with E-state index in [-0.39, 0.29) is 26.1 Å². The average molecular weight is 493 g/mol. The van der Waals surface area contributed by atoms with Crippen LogP contribution in [-0.2, 0) is 14.3 Å². The quantitative estimate of drug-likeness (QED) is 0.379. The highest BCUT2D eigenvalue weighted by atomic mass is 19.1. The molecule has 8 heteroatoms. The van der Waals surface area contributed by atoms with Crippen LogP contribution in [0.2, 0.25) is 0 Å². The van der Waals surface area contributed by atoms with Crippen LogP contribution in [0.15, 0.2) is 73.1 Å². The molecule has 0 N–H and O–H groups in total. The van der Waals surface area contributed by atoms with Crippen molar-refractivity contribution in [3.63, 3.8) is 0 Å². The van der Waals surface area contributed by atoms with Gasteiger partial charge in [0.1, 0.15) is 23.7 Å². The molecular formula is C28H33FN4O3. The van der Waals surface area contributed by atoms with Gasteiger partial charge in [0, 0.05) is 37.3 Å². The number of alkyl halides is 1. The van der Waals surface area contributed by atoms with Crippen molar-refractivity contribution in [2.75, 3.05) is 36.1 Å². The standard InChI is InChI=1S/C28H33FN4O3/c1-27(2,3)36-26(34)20-35-21-28(29)14-16-32(17-15-28)24-18-30-19-25(31-24)33(22-10-6-4-7-11-22)23-12-8-5-9-13-23/h4-13,18-19H,14-17,20-21H2,1-3H3. The summed E-state index contributed by atoms with van der Waals surface area (Å²) < 4.78 is 25.9. The largest absolute Gasteiger partial charge is 0.458 e. The first-order chi connectivity index (χ1) is 17.2. The van der Waals surface area contributed by atoms with Gasteiger partial charge >= 0.3 is 5.97 Å². The first kappa shape index (κ1) is 25.6. The predicted molar refractivity (Wildman–Crippen MR) is 139 cm³/mol. The SMILES string of the molecule is CC(C)(C)OC(=O)COCC1(F)CCN(c2cncc(N(c3ccccc3)c3ccccc3)n2)CC1. The lowest BCUT2D eigenvalue weighted by Crippen LogP contribution is -2.45. The molecular weight excluding hydrogens is 459 g/mol. The smallest absolute Gasteiger partial charge is 0.332 e. The average Bonchev–Trinajstić information content (AvgIpc) is 2.85. The monoisotopic (exact) mass is 492 g/mol. The van der Waals surface area contributed by atoms with Gasteiger partial charge in [-0.05, 0) is 45.0 Å². The summed E-state index contributed by atoms with van der Waals surface area (Å²) >= 11 is 0. The van der Waals surface area contributed by atoms with Crippen LogP contribution < -0.4 is 9.80 Å². The zero-order valence-electron chi connectivity index (χ0n) is 21.1. The molecule has 2 aromatic carbocycles. The van der Waals surface area contributed by atoms with Crippen molar-refractivity contribution in [3.8, 4) is 0 Å². The second kappa shape index (κ2) is 11.0. The first-order valence-electron chi connectivity index (χ1n) is 12.2. The Morgan fingerprint density at radius 3 is 2.14 bits per heavy atom. The van der Waals surface area contributed by atoms with Crippen molar-refractivity contribution >= 4 is 29.0 Å². The third-order valence-electron chi connectivity index (χ3n) is 5.85. The number of para-hydroxylation sites is 2. The number of esters is 1. The summed E-state index contributed by atoms with van der Waals surface area (Å²) in [6, 6.07) is 20.0. The molecule has 1 aliphatic rings. The second-order valence-electron chi connectivity index (χ2n) is 9.96. The Labute approximate surface area is 211 Å². The van der Waals surface area contributed by atoms with Crippen LogP contribution in [0.1, 0.15) is 33.6 Å². The molecule has 1 fully saturated rings. The third kappa shape index (κ3) is 6.79. The molecule has 3 aromatic rings. The lowest BCUT2D eigenvalue weighted by atomic mass is 9.94. The van der Waals surface area contributed by atoms with Crippen LogP contribution in [-0.4, -0.2) is 53.5 Å². The van der Waals surface area contributed by atoms with Crippen molar-refractivity contribution in [1.82, 2.24) is 9.97 Å². The van der Waals surface area contributed by atoms with Crippen LogP contribution in [0.25, 0.3) is 0 Å². The van der Waals surface area contributed by atoms with Gasteiger partial charge in [-0.2, -0.15) is 0 Å². The molecule has 4 rings (SSSR count). The van der Waals surface area contributed by atoms with E-state index in [1.807, 2.05) is 70.5 Å². The van der Waals surface area contributed by atoms with Crippen molar-refractivity contribution in [1.29, 1.82) is 0 Å². The number of halogens is 1. The molecule has 0 unspecified atom stereocenters. The van der Waals surface area contributed by atoms with E-state index in [9.17, 15) is 4.79 Å². The first-order valence-corrected chi connectivity index (χ1v) is 12.2. The molecule has 0 radical (unpaired) electrons. The molecule has 0 spiro atoms. The molecule has 190 valence electrons. The van der Waals surface area contributed by atoms with E-state index in [0.29, 0.717) is 24.7 Å². The number of piperidine rings is 1. The van der Waals surface area contributed by atoms with E-state index in [1.165, 1.54) is 0 Å². The van der Waals surface area contributed by atoms with E-state index in [2.05, 4.69) is 4.98 Å². The Balaban J connectivity index is 1.42. The third-order valence-corrected chi connectivity index (χ3v) is 5.85. The maximum absolute atomic E-state index is 15.4. The summed E-state index contributed by atoms with van der Waals surface area (Å²) in [6.45, 7) is 5.91. The minimum atomic E-state index is -1.50. The summed E-state index contributed by atoms with van der Waals surface area (Å²) in [4.78, 5) is 25.3. The van der Waals surface area contributed by atoms with Crippen molar-refractivity contribution in [3.05, 3.63) is 73.1 Å². The number of hydrogen-bond donors (Lipinski definition) is 0. The topological polar surface area (TPSA) is 67.8 Å². The minimum Gasteiger partial charge on any atom is -0.458 e. The van der Waals surface area contributed by atoms with Gasteiger partial charge < -0.3 is 14.4 Å². The highest BCUT2D eigenvalue weighted by Crippen LogP contribution is 2.34. The molecule has 1 aliphatic heterocycles. The van der Waals surface area contributed by atoms with Gasteiger partial charge in [-0.3, -0.25) is 9.88 Å². The van der Waals surface area contributed by atoms with Crippen LogP contribution >= 0.6 is 0 Å². The summed E-state index contributed by atoms with van der Waals surface area (Å²) in [7, 11) is 0. The summed E-state index contributed by atoms with van der Waals surface area (Å²) in [5.74, 6) is 0.890. The zero-order valence-corrected chi connectivity index (χ0v) is 21.1. The fourth-order valence-electron chi connectivity index (χ4n) is 4.14. The fraction of sp³-hybridized carbons (Fsp3) is 0.393. The zero-order chi connectivity index (χ0) is 25.6. The Morgan fingerprint density at radius 2 is 1.58 bits per heavy atom. The van der Waals surface area contributed by atoms with E-state index in [0.717, 1.165) is 11.4 Å². The van der Waals surface area contributed by atoms with Gasteiger partial charge in [-0.25, -0.2) is 14.2 Å². The molecule has 0 amide bonds. The maximum Gasteiger partial charge on any atom is 0.332 e. The van der Waals surface area contributed by atoms with E-state index >= 15 is 4.39 Å². The predicted octanol–water partition coefficient (Wildman–Crippen LogP) is 5.61. The Morgan fingerprint density at radius 1 is 1.00 bits per heavy atom. The number of benzene rings is 2. The van der Waals surface area contributed by atoms with Crippen molar-refractivity contribution < 1.29 is 18.7 Å². The van der Waals surface area contributed by atoms with Crippen molar-refractivity contribution in [2.45, 2.75) is 44.9 Å². The molecule has 1 aromatic heterocycles. The molecule has 0 aliphatic carbocycles. The highest BCUT2D eigenvalue weighted by molar-refractivity contribution is 5.74. The molecule has 2 heterocycles. The van der Waals surface area contributed by atoms with Gasteiger partial charge in [-0.1, -0.05) is 36.4 Å². The summed E-state index contributed by atoms with van der Waals surface area (Å²) in [6.07, 6.45) is 3.99. The molecule has 0 bridgehead atoms. The molecule has 0 saturated carbocycles. The molecule has 1 saturated heterocycles. The van der Waals surface area contributed by atoms with E-state index in [4.69, 9.17) is 14.5 Å². The van der Waals surface area contributed by atoms with Crippen LogP contribution in [0.3, 0.4) is 0 Å². The fourth-order valence-corrected chi connectivity index (χ4v) is 4.14. The highest BCUT2D eigenvalue weighted by Gasteiger charge is 2.36. The Bertz CT molecular complexity index is 1090. The number of ether oxygens (including phenoxy) is 2. The number of hydrogen-bond acceptors (Lipinski definition) is 7. The molecule has 36 heavy (non-hydrogen) atoms. The van der Waals surface area contributed by atoms with Gasteiger partial charge in [0.15, 0.2) is 5.82 Å². The lowest BCUT2D eigenvalue weighted by molar-refractivity contribution is -0.161. The lowest BCUT2D eigenvalue weighted by Gasteiger charge is -2.37. The van der Waals surface area contributed by atoms with Gasteiger partial charge in [0.2, 0.25) is 0 Å². The molecule has 0 atom stereocenters. The Hall–Kier alpha value is -3.52. The van der Waals surface area contributed by atoms with Gasteiger partial charge in [-0.15, -0.1) is 0 Å². The second-order valence-corrected chi connectivity index (χ2v) is 9.96.